The Morgan fingerprint density at radius 3 is 2.78 bits per heavy atom. The molecule has 0 aliphatic carbocycles. The average Bonchev–Trinajstić information content (AvgIpc) is 3.00. The molecule has 1 N–H and O–H groups in total. The van der Waals surface area contributed by atoms with Crippen molar-refractivity contribution in [2.24, 2.45) is 0 Å². The van der Waals surface area contributed by atoms with E-state index in [1.165, 1.54) is 11.6 Å². The topological polar surface area (TPSA) is 49.6 Å². The van der Waals surface area contributed by atoms with Crippen molar-refractivity contribution < 1.29 is 4.79 Å². The zero-order valence-corrected chi connectivity index (χ0v) is 16.2. The summed E-state index contributed by atoms with van der Waals surface area (Å²) in [7, 11) is 2.05. The second kappa shape index (κ2) is 8.84. The Kier molecular flexibility index (Phi) is 6.27. The first kappa shape index (κ1) is 19.1. The van der Waals surface area contributed by atoms with Crippen molar-refractivity contribution in [3.63, 3.8) is 0 Å². The van der Waals surface area contributed by atoms with Gasteiger partial charge in [0.25, 0.3) is 0 Å². The maximum atomic E-state index is 12.2. The molecule has 0 bridgehead atoms. The van der Waals surface area contributed by atoms with E-state index >= 15 is 0 Å². The van der Waals surface area contributed by atoms with E-state index in [4.69, 9.17) is 11.6 Å². The van der Waals surface area contributed by atoms with Gasteiger partial charge in [-0.1, -0.05) is 48.0 Å². The molecule has 0 radical (unpaired) electrons. The highest BCUT2D eigenvalue weighted by atomic mass is 35.5. The van der Waals surface area contributed by atoms with E-state index < -0.39 is 0 Å². The minimum absolute atomic E-state index is 0.156. The van der Waals surface area contributed by atoms with E-state index in [2.05, 4.69) is 41.3 Å². The number of aromatic nitrogens is 2. The van der Waals surface area contributed by atoms with Gasteiger partial charge in [-0.05, 0) is 37.7 Å². The van der Waals surface area contributed by atoms with Gasteiger partial charge in [0.2, 0.25) is 5.91 Å². The summed E-state index contributed by atoms with van der Waals surface area (Å²) >= 11 is 6.18. The third-order valence-electron chi connectivity index (χ3n) is 4.51. The van der Waals surface area contributed by atoms with Crippen LogP contribution in [0.15, 0.2) is 60.8 Å². The van der Waals surface area contributed by atoms with Crippen molar-refractivity contribution in [3.8, 4) is 0 Å². The van der Waals surface area contributed by atoms with E-state index in [-0.39, 0.29) is 11.9 Å². The molecule has 0 fully saturated rings. The Balaban J connectivity index is 1.54. The number of carbonyl (C=O) groups excluding carboxylic acids is 1. The van der Waals surface area contributed by atoms with Gasteiger partial charge in [-0.3, -0.25) is 14.1 Å². The Labute approximate surface area is 164 Å². The van der Waals surface area contributed by atoms with E-state index in [0.29, 0.717) is 17.4 Å². The number of fused-ring (bicyclic) bond motifs is 1. The second-order valence-corrected chi connectivity index (χ2v) is 6.90. The molecule has 0 spiro atoms. The van der Waals surface area contributed by atoms with Gasteiger partial charge in [0.15, 0.2) is 5.15 Å². The Morgan fingerprint density at radius 1 is 1.26 bits per heavy atom. The summed E-state index contributed by atoms with van der Waals surface area (Å²) in [6.45, 7) is 3.49. The monoisotopic (exact) mass is 382 g/mol. The molecule has 0 aliphatic rings. The van der Waals surface area contributed by atoms with Crippen LogP contribution in [0.2, 0.25) is 5.15 Å². The molecule has 27 heavy (non-hydrogen) atoms. The molecule has 5 nitrogen and oxygen atoms in total. The molecule has 0 saturated carbocycles. The number of pyridine rings is 1. The zero-order valence-electron chi connectivity index (χ0n) is 15.5. The van der Waals surface area contributed by atoms with Gasteiger partial charge in [0, 0.05) is 31.4 Å². The van der Waals surface area contributed by atoms with Crippen LogP contribution in [0.3, 0.4) is 0 Å². The summed E-state index contributed by atoms with van der Waals surface area (Å²) in [5.74, 6) is -0.156. The zero-order chi connectivity index (χ0) is 19.2. The highest BCUT2D eigenvalue weighted by molar-refractivity contribution is 6.31. The molecule has 1 aromatic carbocycles. The van der Waals surface area contributed by atoms with Crippen LogP contribution < -0.4 is 5.32 Å². The molecular weight excluding hydrogens is 360 g/mol. The predicted octanol–water partition coefficient (Wildman–Crippen LogP) is 3.64. The number of benzene rings is 1. The summed E-state index contributed by atoms with van der Waals surface area (Å²) in [6.07, 6.45) is 5.05. The van der Waals surface area contributed by atoms with E-state index in [1.54, 1.807) is 6.08 Å². The lowest BCUT2D eigenvalue weighted by Gasteiger charge is -2.24. The molecule has 1 unspecified atom stereocenters. The highest BCUT2D eigenvalue weighted by Crippen LogP contribution is 2.18. The number of nitrogens with one attached hydrogen (secondary N) is 1. The van der Waals surface area contributed by atoms with Gasteiger partial charge < -0.3 is 5.32 Å². The summed E-state index contributed by atoms with van der Waals surface area (Å²) in [6, 6.07) is 16.1. The number of hydrogen-bond acceptors (Lipinski definition) is 3. The van der Waals surface area contributed by atoms with E-state index in [0.717, 1.165) is 12.2 Å². The Hall–Kier alpha value is -2.63. The number of likely N-dealkylation sites (N-methyl/N-ethyl adjacent to an activating group) is 1. The summed E-state index contributed by atoms with van der Waals surface area (Å²) in [5.41, 5.74) is 2.69. The number of amides is 1. The van der Waals surface area contributed by atoms with E-state index in [9.17, 15) is 4.79 Å². The molecule has 140 valence electrons. The van der Waals surface area contributed by atoms with Crippen molar-refractivity contribution >= 4 is 29.2 Å². The first-order valence-electron chi connectivity index (χ1n) is 8.87. The first-order chi connectivity index (χ1) is 13.0. The number of hydrogen-bond donors (Lipinski definition) is 1. The van der Waals surface area contributed by atoms with Crippen LogP contribution in [0.4, 0.5) is 0 Å². The molecule has 3 rings (SSSR count). The normalized spacial score (nSPS) is 12.7. The van der Waals surface area contributed by atoms with E-state index in [1.807, 2.05) is 47.0 Å². The van der Waals surface area contributed by atoms with Crippen LogP contribution in [0.1, 0.15) is 18.2 Å². The fourth-order valence-electron chi connectivity index (χ4n) is 2.78. The molecular formula is C21H23ClN4O. The molecule has 1 atom stereocenters. The third kappa shape index (κ3) is 4.96. The lowest BCUT2D eigenvalue weighted by atomic mass is 10.2. The largest absolute Gasteiger partial charge is 0.351 e. The average molecular weight is 383 g/mol. The van der Waals surface area contributed by atoms with Crippen LogP contribution in [-0.4, -0.2) is 39.8 Å². The molecule has 2 aromatic heterocycles. The van der Waals surface area contributed by atoms with Gasteiger partial charge >= 0.3 is 0 Å². The maximum Gasteiger partial charge on any atom is 0.244 e. The number of rotatable bonds is 7. The van der Waals surface area contributed by atoms with Crippen LogP contribution in [-0.2, 0) is 11.3 Å². The Morgan fingerprint density at radius 2 is 2.00 bits per heavy atom. The fourth-order valence-corrected chi connectivity index (χ4v) is 3.02. The minimum Gasteiger partial charge on any atom is -0.351 e. The van der Waals surface area contributed by atoms with Crippen molar-refractivity contribution in [3.05, 3.63) is 77.2 Å². The maximum absolute atomic E-state index is 12.2. The number of halogens is 1. The Bertz CT molecular complexity index is 936. The molecule has 0 aliphatic heterocycles. The van der Waals surface area contributed by atoms with Crippen LogP contribution >= 0.6 is 11.6 Å². The predicted molar refractivity (Wildman–Crippen MR) is 110 cm³/mol. The van der Waals surface area contributed by atoms with Crippen LogP contribution in [0.5, 0.6) is 0 Å². The van der Waals surface area contributed by atoms with Gasteiger partial charge in [0.05, 0.1) is 5.69 Å². The third-order valence-corrected chi connectivity index (χ3v) is 4.79. The SMILES string of the molecule is CC(CNC(=O)/C=C/c1c(Cl)nc2ccccn12)N(C)Cc1ccccc1. The number of nitrogens with zero attached hydrogens (tertiary/aromatic N) is 3. The van der Waals surface area contributed by atoms with Crippen molar-refractivity contribution in [2.45, 2.75) is 19.5 Å². The highest BCUT2D eigenvalue weighted by Gasteiger charge is 2.11. The lowest BCUT2D eigenvalue weighted by molar-refractivity contribution is -0.116. The second-order valence-electron chi connectivity index (χ2n) is 6.54. The molecule has 6 heteroatoms. The van der Waals surface area contributed by atoms with Crippen molar-refractivity contribution in [2.75, 3.05) is 13.6 Å². The summed E-state index contributed by atoms with van der Waals surface area (Å²) in [5, 5.41) is 3.32. The molecule has 2 heterocycles. The molecule has 1 amide bonds. The van der Waals surface area contributed by atoms with Gasteiger partial charge in [0.1, 0.15) is 5.65 Å². The van der Waals surface area contributed by atoms with Crippen LogP contribution in [0.25, 0.3) is 11.7 Å². The summed E-state index contributed by atoms with van der Waals surface area (Å²) < 4.78 is 1.85. The van der Waals surface area contributed by atoms with Crippen LogP contribution in [0, 0.1) is 0 Å². The molecule has 0 saturated heterocycles. The quantitative estimate of drug-likeness (QED) is 0.635. The lowest BCUT2D eigenvalue weighted by Crippen LogP contribution is -2.39. The standard InChI is InChI=1S/C21H23ClN4O/c1-16(25(2)15-17-8-4-3-5-9-17)14-23-20(27)12-11-18-21(22)24-19-10-6-7-13-26(18)19/h3-13,16H,14-15H2,1-2H3,(H,23,27)/b12-11+. The van der Waals surface area contributed by atoms with Crippen molar-refractivity contribution in [1.29, 1.82) is 0 Å². The van der Waals surface area contributed by atoms with Gasteiger partial charge in [-0.25, -0.2) is 4.98 Å². The number of imidazole rings is 1. The fraction of sp³-hybridized carbons (Fsp3) is 0.238. The van der Waals surface area contributed by atoms with Crippen molar-refractivity contribution in [1.82, 2.24) is 19.6 Å². The first-order valence-corrected chi connectivity index (χ1v) is 9.25. The number of carbonyl (C=O) groups is 1. The summed E-state index contributed by atoms with van der Waals surface area (Å²) in [4.78, 5) is 18.7. The minimum atomic E-state index is -0.156. The molecule has 3 aromatic rings. The van der Waals surface area contributed by atoms with Gasteiger partial charge in [-0.15, -0.1) is 0 Å². The van der Waals surface area contributed by atoms with Gasteiger partial charge in [-0.2, -0.15) is 0 Å². The smallest absolute Gasteiger partial charge is 0.244 e.